The van der Waals surface area contributed by atoms with Crippen LogP contribution in [0, 0.1) is 20.8 Å². The van der Waals surface area contributed by atoms with Crippen molar-refractivity contribution in [2.45, 2.75) is 27.7 Å². The molecule has 0 atom stereocenters. The molecule has 2 aromatic carbocycles. The summed E-state index contributed by atoms with van der Waals surface area (Å²) in [7, 11) is 0. The molecular formula is C24H23N5O. The molecule has 150 valence electrons. The Bertz CT molecular complexity index is 1380. The summed E-state index contributed by atoms with van der Waals surface area (Å²) >= 11 is 0. The van der Waals surface area contributed by atoms with E-state index in [9.17, 15) is 0 Å². The van der Waals surface area contributed by atoms with Gasteiger partial charge in [-0.1, -0.05) is 24.3 Å². The van der Waals surface area contributed by atoms with Crippen LogP contribution >= 0.6 is 0 Å². The Morgan fingerprint density at radius 3 is 2.43 bits per heavy atom. The average Bonchev–Trinajstić information content (AvgIpc) is 3.29. The minimum atomic E-state index is 0.652. The summed E-state index contributed by atoms with van der Waals surface area (Å²) < 4.78 is 9.53. The molecule has 30 heavy (non-hydrogen) atoms. The molecule has 6 heteroatoms. The SMILES string of the molecule is CCOc1ccc(-n2c(C)c(C)c3c2ncn2nc(-c4ccccc4C)nc32)cc1. The Hall–Kier alpha value is -3.67. The Morgan fingerprint density at radius 2 is 1.70 bits per heavy atom. The molecule has 5 aromatic rings. The lowest BCUT2D eigenvalue weighted by atomic mass is 10.1. The van der Waals surface area contributed by atoms with Gasteiger partial charge in [-0.05, 0) is 63.1 Å². The molecule has 0 aliphatic rings. The molecule has 0 N–H and O–H groups in total. The summed E-state index contributed by atoms with van der Waals surface area (Å²) in [5, 5.41) is 5.72. The van der Waals surface area contributed by atoms with E-state index in [1.54, 1.807) is 10.8 Å². The maximum Gasteiger partial charge on any atom is 0.182 e. The Balaban J connectivity index is 1.72. The molecule has 3 aromatic heterocycles. The van der Waals surface area contributed by atoms with Gasteiger partial charge in [-0.25, -0.2) is 14.5 Å². The molecule has 0 radical (unpaired) electrons. The summed E-state index contributed by atoms with van der Waals surface area (Å²) in [4.78, 5) is 9.65. The van der Waals surface area contributed by atoms with E-state index in [0.29, 0.717) is 12.4 Å². The van der Waals surface area contributed by atoms with Crippen molar-refractivity contribution in [2.24, 2.45) is 0 Å². The molecule has 5 rings (SSSR count). The Kier molecular flexibility index (Phi) is 4.28. The third kappa shape index (κ3) is 2.76. The van der Waals surface area contributed by atoms with Crippen molar-refractivity contribution in [3.63, 3.8) is 0 Å². The lowest BCUT2D eigenvalue weighted by molar-refractivity contribution is 0.340. The van der Waals surface area contributed by atoms with Crippen LogP contribution in [0.2, 0.25) is 0 Å². The second-order valence-corrected chi connectivity index (χ2v) is 7.43. The van der Waals surface area contributed by atoms with Gasteiger partial charge in [-0.3, -0.25) is 4.57 Å². The molecule has 0 fully saturated rings. The van der Waals surface area contributed by atoms with Crippen LogP contribution in [0.3, 0.4) is 0 Å². The maximum atomic E-state index is 5.59. The molecule has 0 aliphatic heterocycles. The molecule has 0 saturated heterocycles. The first-order valence-electron chi connectivity index (χ1n) is 10.1. The molecule has 0 unspecified atom stereocenters. The highest BCUT2D eigenvalue weighted by molar-refractivity contribution is 5.95. The van der Waals surface area contributed by atoms with Crippen molar-refractivity contribution >= 4 is 16.7 Å². The van der Waals surface area contributed by atoms with Crippen molar-refractivity contribution in [3.05, 3.63) is 71.7 Å². The van der Waals surface area contributed by atoms with Crippen LogP contribution in [0.1, 0.15) is 23.7 Å². The Morgan fingerprint density at radius 1 is 0.933 bits per heavy atom. The van der Waals surface area contributed by atoms with Gasteiger partial charge < -0.3 is 4.74 Å². The van der Waals surface area contributed by atoms with Gasteiger partial charge in [-0.2, -0.15) is 0 Å². The van der Waals surface area contributed by atoms with E-state index < -0.39 is 0 Å². The van der Waals surface area contributed by atoms with Crippen molar-refractivity contribution in [2.75, 3.05) is 6.61 Å². The van der Waals surface area contributed by atoms with Crippen molar-refractivity contribution in [3.8, 4) is 22.8 Å². The fourth-order valence-corrected chi connectivity index (χ4v) is 3.97. The molecular weight excluding hydrogens is 374 g/mol. The van der Waals surface area contributed by atoms with Crippen LogP contribution in [0.25, 0.3) is 33.8 Å². The van der Waals surface area contributed by atoms with Crippen LogP contribution in [-0.2, 0) is 0 Å². The number of nitrogens with zero attached hydrogens (tertiary/aromatic N) is 5. The average molecular weight is 397 g/mol. The zero-order valence-electron chi connectivity index (χ0n) is 17.5. The Labute approximate surface area is 174 Å². The van der Waals surface area contributed by atoms with Gasteiger partial charge in [0.05, 0.1) is 12.0 Å². The largest absolute Gasteiger partial charge is 0.494 e. The fraction of sp³-hybridized carbons (Fsp3) is 0.208. The summed E-state index contributed by atoms with van der Waals surface area (Å²) in [6, 6.07) is 16.3. The number of hydrogen-bond donors (Lipinski definition) is 0. The quantitative estimate of drug-likeness (QED) is 0.425. The topological polar surface area (TPSA) is 57.2 Å². The smallest absolute Gasteiger partial charge is 0.182 e. The molecule has 0 saturated carbocycles. The number of benzene rings is 2. The second kappa shape index (κ2) is 6.99. The van der Waals surface area contributed by atoms with E-state index in [4.69, 9.17) is 19.8 Å². The normalized spacial score (nSPS) is 11.5. The van der Waals surface area contributed by atoms with E-state index in [-0.39, 0.29) is 0 Å². The van der Waals surface area contributed by atoms with Gasteiger partial charge in [0.2, 0.25) is 0 Å². The number of rotatable bonds is 4. The first-order valence-corrected chi connectivity index (χ1v) is 10.1. The number of fused-ring (bicyclic) bond motifs is 3. The molecule has 0 spiro atoms. The first-order chi connectivity index (χ1) is 14.6. The predicted molar refractivity (Wildman–Crippen MR) is 118 cm³/mol. The van der Waals surface area contributed by atoms with E-state index >= 15 is 0 Å². The van der Waals surface area contributed by atoms with Crippen LogP contribution < -0.4 is 4.74 Å². The standard InChI is InChI=1S/C24H23N5O/c1-5-30-19-12-10-18(11-13-19)29-17(4)16(3)21-23(29)25-14-28-24(21)26-22(27-28)20-9-7-6-8-15(20)2/h6-14H,5H2,1-4H3. The molecule has 0 bridgehead atoms. The third-order valence-corrected chi connectivity index (χ3v) is 5.62. The summed E-state index contributed by atoms with van der Waals surface area (Å²) in [6.45, 7) is 8.95. The molecule has 0 amide bonds. The van der Waals surface area contributed by atoms with Crippen LogP contribution in [0.15, 0.2) is 54.9 Å². The monoisotopic (exact) mass is 397 g/mol. The highest BCUT2D eigenvalue weighted by Gasteiger charge is 2.19. The minimum absolute atomic E-state index is 0.652. The highest BCUT2D eigenvalue weighted by Crippen LogP contribution is 2.31. The van der Waals surface area contributed by atoms with Crippen LogP contribution in [0.5, 0.6) is 5.75 Å². The number of hydrogen-bond acceptors (Lipinski definition) is 4. The van der Waals surface area contributed by atoms with Gasteiger partial charge in [0, 0.05) is 16.9 Å². The number of ether oxygens (including phenoxy) is 1. The minimum Gasteiger partial charge on any atom is -0.494 e. The van der Waals surface area contributed by atoms with Crippen molar-refractivity contribution in [1.82, 2.24) is 24.1 Å². The van der Waals surface area contributed by atoms with Crippen molar-refractivity contribution in [1.29, 1.82) is 0 Å². The first kappa shape index (κ1) is 18.4. The lowest BCUT2D eigenvalue weighted by Gasteiger charge is -2.09. The highest BCUT2D eigenvalue weighted by atomic mass is 16.5. The predicted octanol–water partition coefficient (Wildman–Crippen LogP) is 5.06. The molecule has 6 nitrogen and oxygen atoms in total. The summed E-state index contributed by atoms with van der Waals surface area (Å²) in [5.41, 5.74) is 7.22. The third-order valence-electron chi connectivity index (χ3n) is 5.62. The van der Waals surface area contributed by atoms with Gasteiger partial charge in [-0.15, -0.1) is 5.10 Å². The second-order valence-electron chi connectivity index (χ2n) is 7.43. The number of aromatic nitrogens is 5. The maximum absolute atomic E-state index is 5.59. The van der Waals surface area contributed by atoms with E-state index in [1.807, 2.05) is 31.2 Å². The molecule has 3 heterocycles. The van der Waals surface area contributed by atoms with E-state index in [1.165, 1.54) is 0 Å². The van der Waals surface area contributed by atoms with E-state index in [0.717, 1.165) is 50.5 Å². The molecule has 0 aliphatic carbocycles. The van der Waals surface area contributed by atoms with Gasteiger partial charge in [0.15, 0.2) is 17.1 Å². The zero-order valence-corrected chi connectivity index (χ0v) is 17.5. The van der Waals surface area contributed by atoms with Crippen molar-refractivity contribution < 1.29 is 4.74 Å². The van der Waals surface area contributed by atoms with Gasteiger partial charge in [0.1, 0.15) is 12.1 Å². The van der Waals surface area contributed by atoms with Crippen LogP contribution in [-0.4, -0.2) is 30.8 Å². The lowest BCUT2D eigenvalue weighted by Crippen LogP contribution is -1.99. The zero-order chi connectivity index (χ0) is 20.8. The van der Waals surface area contributed by atoms with Gasteiger partial charge >= 0.3 is 0 Å². The fourth-order valence-electron chi connectivity index (χ4n) is 3.97. The van der Waals surface area contributed by atoms with Crippen LogP contribution in [0.4, 0.5) is 0 Å². The summed E-state index contributed by atoms with van der Waals surface area (Å²) in [6.07, 6.45) is 1.75. The summed E-state index contributed by atoms with van der Waals surface area (Å²) in [5.74, 6) is 1.58. The van der Waals surface area contributed by atoms with Gasteiger partial charge in [0.25, 0.3) is 0 Å². The van der Waals surface area contributed by atoms with E-state index in [2.05, 4.69) is 49.6 Å². The number of aryl methyl sites for hydroxylation is 2.